The molecule has 0 amide bonds. The first-order valence-corrected chi connectivity index (χ1v) is 4.59. The molecule has 0 fully saturated rings. The van der Waals surface area contributed by atoms with Gasteiger partial charge in [0.25, 0.3) is 0 Å². The largest absolute Gasteiger partial charge is 0.374 e. The smallest absolute Gasteiger partial charge is 0.0752 e. The first kappa shape index (κ1) is 13.3. The van der Waals surface area contributed by atoms with E-state index in [1.807, 2.05) is 33.8 Å². The molecule has 0 aliphatic heterocycles. The molecule has 68 valence electrons. The summed E-state index contributed by atoms with van der Waals surface area (Å²) < 4.78 is 5.34. The van der Waals surface area contributed by atoms with Crippen LogP contribution in [0.5, 0.6) is 0 Å². The third-order valence-corrected chi connectivity index (χ3v) is 1.19. The van der Waals surface area contributed by atoms with E-state index in [9.17, 15) is 0 Å². The van der Waals surface area contributed by atoms with Gasteiger partial charge in [-0.1, -0.05) is 32.9 Å². The van der Waals surface area contributed by atoms with E-state index in [1.165, 1.54) is 0 Å². The molecule has 0 bridgehead atoms. The minimum absolute atomic E-state index is 0.333. The number of hydrogen-bond acceptors (Lipinski definition) is 1. The van der Waals surface area contributed by atoms with Crippen molar-refractivity contribution in [1.29, 1.82) is 0 Å². The Morgan fingerprint density at radius 1 is 1.27 bits per heavy atom. The van der Waals surface area contributed by atoms with Gasteiger partial charge in [-0.3, -0.25) is 0 Å². The maximum absolute atomic E-state index is 5.34. The summed E-state index contributed by atoms with van der Waals surface area (Å²) in [6.07, 6.45) is 5.52. The Morgan fingerprint density at radius 3 is 2.09 bits per heavy atom. The average molecular weight is 158 g/mol. The summed E-state index contributed by atoms with van der Waals surface area (Å²) in [7, 11) is 0. The van der Waals surface area contributed by atoms with Gasteiger partial charge in [0.15, 0.2) is 0 Å². The lowest BCUT2D eigenvalue weighted by atomic mass is 10.2. The van der Waals surface area contributed by atoms with Crippen LogP contribution in [0.1, 0.15) is 41.0 Å². The second-order valence-corrected chi connectivity index (χ2v) is 1.93. The maximum atomic E-state index is 5.34. The normalized spacial score (nSPS) is 12.5. The average Bonchev–Trinajstić information content (AvgIpc) is 2.08. The molecule has 1 atom stereocenters. The first-order chi connectivity index (χ1) is 5.35. The summed E-state index contributed by atoms with van der Waals surface area (Å²) in [5, 5.41) is 0. The SMILES string of the molecule is C/C=C/C(CC)OCC.CC. The monoisotopic (exact) mass is 158 g/mol. The summed E-state index contributed by atoms with van der Waals surface area (Å²) in [5.41, 5.74) is 0. The fourth-order valence-corrected chi connectivity index (χ4v) is 0.738. The van der Waals surface area contributed by atoms with Crippen LogP contribution in [0, 0.1) is 0 Å². The second-order valence-electron chi connectivity index (χ2n) is 1.93. The zero-order valence-electron chi connectivity index (χ0n) is 8.55. The van der Waals surface area contributed by atoms with E-state index < -0.39 is 0 Å². The molecule has 0 saturated heterocycles. The van der Waals surface area contributed by atoms with E-state index in [2.05, 4.69) is 13.0 Å². The van der Waals surface area contributed by atoms with Gasteiger partial charge in [0.05, 0.1) is 6.10 Å². The predicted octanol–water partition coefficient (Wildman–Crippen LogP) is 3.40. The van der Waals surface area contributed by atoms with Gasteiger partial charge in [-0.05, 0) is 20.3 Å². The van der Waals surface area contributed by atoms with Gasteiger partial charge >= 0.3 is 0 Å². The van der Waals surface area contributed by atoms with Crippen LogP contribution in [-0.4, -0.2) is 12.7 Å². The number of allylic oxidation sites excluding steroid dienone is 1. The zero-order chi connectivity index (χ0) is 9.11. The highest BCUT2D eigenvalue weighted by molar-refractivity contribution is 4.85. The predicted molar refractivity (Wildman–Crippen MR) is 51.9 cm³/mol. The summed E-state index contributed by atoms with van der Waals surface area (Å²) >= 11 is 0. The van der Waals surface area contributed by atoms with Crippen LogP contribution in [0.25, 0.3) is 0 Å². The molecule has 1 heteroatoms. The van der Waals surface area contributed by atoms with Crippen molar-refractivity contribution in [2.75, 3.05) is 6.61 Å². The van der Waals surface area contributed by atoms with E-state index in [4.69, 9.17) is 4.74 Å². The van der Waals surface area contributed by atoms with Crippen LogP contribution in [0.15, 0.2) is 12.2 Å². The van der Waals surface area contributed by atoms with Crippen molar-refractivity contribution in [2.24, 2.45) is 0 Å². The summed E-state index contributed by atoms with van der Waals surface area (Å²) in [6, 6.07) is 0. The van der Waals surface area contributed by atoms with Gasteiger partial charge < -0.3 is 4.74 Å². The lowest BCUT2D eigenvalue weighted by Crippen LogP contribution is -2.07. The number of ether oxygens (including phenoxy) is 1. The van der Waals surface area contributed by atoms with Crippen LogP contribution >= 0.6 is 0 Å². The lowest BCUT2D eigenvalue weighted by Gasteiger charge is -2.08. The van der Waals surface area contributed by atoms with E-state index in [0.717, 1.165) is 13.0 Å². The summed E-state index contributed by atoms with van der Waals surface area (Å²) in [4.78, 5) is 0. The van der Waals surface area contributed by atoms with Gasteiger partial charge in [-0.25, -0.2) is 0 Å². The molecule has 0 heterocycles. The van der Waals surface area contributed by atoms with Gasteiger partial charge in [0.2, 0.25) is 0 Å². The van der Waals surface area contributed by atoms with Gasteiger partial charge in [-0.15, -0.1) is 0 Å². The molecule has 0 spiro atoms. The van der Waals surface area contributed by atoms with E-state index in [0.29, 0.717) is 6.10 Å². The highest BCUT2D eigenvalue weighted by atomic mass is 16.5. The molecule has 0 aromatic carbocycles. The maximum Gasteiger partial charge on any atom is 0.0752 e. The molecule has 11 heavy (non-hydrogen) atoms. The first-order valence-electron chi connectivity index (χ1n) is 4.59. The van der Waals surface area contributed by atoms with E-state index in [1.54, 1.807) is 0 Å². The van der Waals surface area contributed by atoms with Crippen molar-refractivity contribution in [3.8, 4) is 0 Å². The molecule has 0 aromatic heterocycles. The topological polar surface area (TPSA) is 9.23 Å². The fraction of sp³-hybridized carbons (Fsp3) is 0.800. The van der Waals surface area contributed by atoms with E-state index >= 15 is 0 Å². The number of rotatable bonds is 4. The Morgan fingerprint density at radius 2 is 1.82 bits per heavy atom. The second kappa shape index (κ2) is 12.4. The van der Waals surface area contributed by atoms with Crippen molar-refractivity contribution in [2.45, 2.75) is 47.1 Å². The van der Waals surface area contributed by atoms with Crippen LogP contribution < -0.4 is 0 Å². The third-order valence-electron chi connectivity index (χ3n) is 1.19. The van der Waals surface area contributed by atoms with Crippen LogP contribution in [0.2, 0.25) is 0 Å². The van der Waals surface area contributed by atoms with Crippen molar-refractivity contribution < 1.29 is 4.74 Å². The summed E-state index contributed by atoms with van der Waals surface area (Å²) in [5.74, 6) is 0. The molecule has 1 unspecified atom stereocenters. The fourth-order valence-electron chi connectivity index (χ4n) is 0.738. The Balaban J connectivity index is 0. The van der Waals surface area contributed by atoms with Gasteiger partial charge in [-0.2, -0.15) is 0 Å². The molecular weight excluding hydrogens is 136 g/mol. The molecule has 0 radical (unpaired) electrons. The third kappa shape index (κ3) is 9.70. The number of hydrogen-bond donors (Lipinski definition) is 0. The minimum Gasteiger partial charge on any atom is -0.374 e. The van der Waals surface area contributed by atoms with Crippen LogP contribution in [0.4, 0.5) is 0 Å². The van der Waals surface area contributed by atoms with Crippen LogP contribution in [-0.2, 0) is 4.74 Å². The van der Waals surface area contributed by atoms with Crippen LogP contribution in [0.3, 0.4) is 0 Å². The minimum atomic E-state index is 0.333. The van der Waals surface area contributed by atoms with Crippen molar-refractivity contribution in [3.05, 3.63) is 12.2 Å². The Bertz CT molecular complexity index is 76.9. The zero-order valence-corrected chi connectivity index (χ0v) is 8.55. The van der Waals surface area contributed by atoms with Gasteiger partial charge in [0.1, 0.15) is 0 Å². The molecule has 0 saturated carbocycles. The Kier molecular flexibility index (Phi) is 15.0. The molecule has 0 aliphatic carbocycles. The molecule has 1 nitrogen and oxygen atoms in total. The van der Waals surface area contributed by atoms with Gasteiger partial charge in [0, 0.05) is 6.61 Å². The van der Waals surface area contributed by atoms with Crippen molar-refractivity contribution in [1.82, 2.24) is 0 Å². The van der Waals surface area contributed by atoms with Crippen molar-refractivity contribution in [3.63, 3.8) is 0 Å². The molecule has 0 aromatic rings. The standard InChI is InChI=1S/C8H16O.C2H6/c1-4-7-8(5-2)9-6-3;1-2/h4,7-8H,5-6H2,1-3H3;1-2H3/b7-4+;. The van der Waals surface area contributed by atoms with Crippen molar-refractivity contribution >= 4 is 0 Å². The highest BCUT2D eigenvalue weighted by Gasteiger charge is 1.96. The van der Waals surface area contributed by atoms with E-state index in [-0.39, 0.29) is 0 Å². The molecule has 0 N–H and O–H groups in total. The molecule has 0 rings (SSSR count). The molecule has 0 aliphatic rings. The quantitative estimate of drug-likeness (QED) is 0.570. The highest BCUT2D eigenvalue weighted by Crippen LogP contribution is 1.98. The molecular formula is C10H22O. The summed E-state index contributed by atoms with van der Waals surface area (Å²) in [6.45, 7) is 11.0. The lowest BCUT2D eigenvalue weighted by molar-refractivity contribution is 0.0938. The Hall–Kier alpha value is -0.300. The Labute approximate surface area is 71.5 Å².